The minimum absolute atomic E-state index is 0.0985. The van der Waals surface area contributed by atoms with Crippen LogP contribution in [0.1, 0.15) is 5.56 Å². The Morgan fingerprint density at radius 2 is 2.06 bits per heavy atom. The molecule has 0 radical (unpaired) electrons. The van der Waals surface area contributed by atoms with E-state index in [2.05, 4.69) is 5.32 Å². The highest BCUT2D eigenvalue weighted by Gasteiger charge is 2.31. The predicted molar refractivity (Wildman–Crippen MR) is 56.7 cm³/mol. The lowest BCUT2D eigenvalue weighted by molar-refractivity contribution is -0.137. The van der Waals surface area contributed by atoms with Gasteiger partial charge in [-0.3, -0.25) is 4.79 Å². The van der Waals surface area contributed by atoms with Crippen LogP contribution in [0.5, 0.6) is 0 Å². The van der Waals surface area contributed by atoms with Crippen LogP contribution in [0.2, 0.25) is 0 Å². The van der Waals surface area contributed by atoms with E-state index in [1.165, 1.54) is 6.07 Å². The Labute approximate surface area is 96.2 Å². The van der Waals surface area contributed by atoms with Gasteiger partial charge < -0.3 is 10.2 Å². The normalized spacial score (nSPS) is 16.9. The second-order valence-electron chi connectivity index (χ2n) is 3.82. The summed E-state index contributed by atoms with van der Waals surface area (Å²) in [6, 6.07) is 5.02. The molecule has 1 aromatic carbocycles. The maximum atomic E-state index is 12.5. The lowest BCUT2D eigenvalue weighted by Gasteiger charge is -2.29. The third-order valence-corrected chi connectivity index (χ3v) is 2.58. The molecule has 1 aromatic rings. The summed E-state index contributed by atoms with van der Waals surface area (Å²) in [5, 5.41) is 2.62. The van der Waals surface area contributed by atoms with Gasteiger partial charge in [0.25, 0.3) is 0 Å². The summed E-state index contributed by atoms with van der Waals surface area (Å²) in [7, 11) is 0. The molecule has 0 aliphatic carbocycles. The van der Waals surface area contributed by atoms with E-state index in [4.69, 9.17) is 0 Å². The van der Waals surface area contributed by atoms with E-state index in [1.807, 2.05) is 0 Å². The first-order valence-corrected chi connectivity index (χ1v) is 5.16. The number of rotatable bonds is 1. The largest absolute Gasteiger partial charge is 0.416 e. The number of carbonyl (C=O) groups excluding carboxylic acids is 1. The summed E-state index contributed by atoms with van der Waals surface area (Å²) in [4.78, 5) is 12.8. The molecule has 6 heteroatoms. The van der Waals surface area contributed by atoms with Crippen molar-refractivity contribution in [2.75, 3.05) is 24.5 Å². The number of piperazine rings is 1. The molecule has 1 aliphatic rings. The van der Waals surface area contributed by atoms with Crippen LogP contribution in [0.25, 0.3) is 0 Å². The molecular weight excluding hydrogens is 233 g/mol. The molecule has 1 amide bonds. The van der Waals surface area contributed by atoms with Gasteiger partial charge in [-0.05, 0) is 18.2 Å². The van der Waals surface area contributed by atoms with Gasteiger partial charge >= 0.3 is 6.18 Å². The lowest BCUT2D eigenvalue weighted by atomic mass is 10.1. The van der Waals surface area contributed by atoms with Crippen molar-refractivity contribution in [2.45, 2.75) is 6.18 Å². The van der Waals surface area contributed by atoms with Crippen LogP contribution in [0.15, 0.2) is 24.3 Å². The van der Waals surface area contributed by atoms with Crippen LogP contribution in [0, 0.1) is 0 Å². The van der Waals surface area contributed by atoms with Crippen molar-refractivity contribution in [3.8, 4) is 0 Å². The van der Waals surface area contributed by atoms with Crippen LogP contribution in [0.4, 0.5) is 18.9 Å². The molecule has 17 heavy (non-hydrogen) atoms. The molecule has 0 unspecified atom stereocenters. The molecule has 92 valence electrons. The number of alkyl halides is 3. The van der Waals surface area contributed by atoms with E-state index in [0.29, 0.717) is 18.8 Å². The minimum Gasteiger partial charge on any atom is -0.360 e. The highest BCUT2D eigenvalue weighted by atomic mass is 19.4. The number of benzene rings is 1. The Morgan fingerprint density at radius 3 is 2.71 bits per heavy atom. The van der Waals surface area contributed by atoms with Crippen LogP contribution in [-0.4, -0.2) is 25.5 Å². The van der Waals surface area contributed by atoms with Crippen molar-refractivity contribution in [3.05, 3.63) is 29.8 Å². The van der Waals surface area contributed by atoms with Crippen LogP contribution in [-0.2, 0) is 11.0 Å². The van der Waals surface area contributed by atoms with Crippen LogP contribution in [0.3, 0.4) is 0 Å². The third-order valence-electron chi connectivity index (χ3n) is 2.58. The van der Waals surface area contributed by atoms with Gasteiger partial charge in [-0.25, -0.2) is 0 Å². The Kier molecular flexibility index (Phi) is 2.95. The summed E-state index contributed by atoms with van der Waals surface area (Å²) in [5.41, 5.74) is -0.268. The predicted octanol–water partition coefficient (Wildman–Crippen LogP) is 1.64. The smallest absolute Gasteiger partial charge is 0.360 e. The van der Waals surface area contributed by atoms with Gasteiger partial charge in [0.05, 0.1) is 12.1 Å². The second-order valence-corrected chi connectivity index (χ2v) is 3.82. The number of hydrogen-bond acceptors (Lipinski definition) is 2. The number of hydrogen-bond donors (Lipinski definition) is 1. The molecule has 1 N–H and O–H groups in total. The molecule has 1 aliphatic heterocycles. The van der Waals surface area contributed by atoms with E-state index in [9.17, 15) is 18.0 Å². The van der Waals surface area contributed by atoms with E-state index in [1.54, 1.807) is 11.0 Å². The summed E-state index contributed by atoms with van der Waals surface area (Å²) in [6.07, 6.45) is -4.35. The molecule has 1 heterocycles. The Bertz CT molecular complexity index is 431. The zero-order valence-corrected chi connectivity index (χ0v) is 8.92. The number of amides is 1. The molecule has 3 nitrogen and oxygen atoms in total. The van der Waals surface area contributed by atoms with Gasteiger partial charge in [0.2, 0.25) is 5.91 Å². The van der Waals surface area contributed by atoms with Crippen molar-refractivity contribution in [3.63, 3.8) is 0 Å². The average Bonchev–Trinajstić information content (AvgIpc) is 2.28. The SMILES string of the molecule is O=C1CN(c2cccc(C(F)(F)F)c2)CCN1. The Balaban J connectivity index is 2.24. The quantitative estimate of drug-likeness (QED) is 0.814. The molecule has 1 fully saturated rings. The molecule has 0 spiro atoms. The zero-order chi connectivity index (χ0) is 12.5. The highest BCUT2D eigenvalue weighted by molar-refractivity contribution is 5.82. The maximum Gasteiger partial charge on any atom is 0.416 e. The Morgan fingerprint density at radius 1 is 1.29 bits per heavy atom. The van der Waals surface area contributed by atoms with Gasteiger partial charge in [0.15, 0.2) is 0 Å². The van der Waals surface area contributed by atoms with E-state index in [0.717, 1.165) is 12.1 Å². The second kappa shape index (κ2) is 4.27. The topological polar surface area (TPSA) is 32.3 Å². The third kappa shape index (κ3) is 2.69. The van der Waals surface area contributed by atoms with E-state index in [-0.39, 0.29) is 12.5 Å². The monoisotopic (exact) mass is 244 g/mol. The fourth-order valence-corrected chi connectivity index (χ4v) is 1.74. The lowest BCUT2D eigenvalue weighted by Crippen LogP contribution is -2.47. The first-order chi connectivity index (χ1) is 7.97. The maximum absolute atomic E-state index is 12.5. The molecule has 2 rings (SSSR count). The van der Waals surface area contributed by atoms with Crippen LogP contribution >= 0.6 is 0 Å². The van der Waals surface area contributed by atoms with Crippen molar-refractivity contribution in [1.82, 2.24) is 5.32 Å². The molecule has 1 saturated heterocycles. The summed E-state index contributed by atoms with van der Waals surface area (Å²) < 4.78 is 37.5. The number of nitrogens with one attached hydrogen (secondary N) is 1. The van der Waals surface area contributed by atoms with Crippen LogP contribution < -0.4 is 10.2 Å². The van der Waals surface area contributed by atoms with Gasteiger partial charge in [-0.15, -0.1) is 0 Å². The average molecular weight is 244 g/mol. The molecular formula is C11H11F3N2O. The van der Waals surface area contributed by atoms with Crippen molar-refractivity contribution < 1.29 is 18.0 Å². The fourth-order valence-electron chi connectivity index (χ4n) is 1.74. The minimum atomic E-state index is -4.35. The van der Waals surface area contributed by atoms with Crippen molar-refractivity contribution in [2.24, 2.45) is 0 Å². The number of nitrogens with zero attached hydrogens (tertiary/aromatic N) is 1. The Hall–Kier alpha value is -1.72. The number of anilines is 1. The molecule has 0 atom stereocenters. The summed E-state index contributed by atoms with van der Waals surface area (Å²) in [5.74, 6) is -0.173. The molecule has 0 bridgehead atoms. The summed E-state index contributed by atoms with van der Waals surface area (Å²) in [6.45, 7) is 1.07. The fraction of sp³-hybridized carbons (Fsp3) is 0.364. The standard InChI is InChI=1S/C11H11F3N2O/c12-11(13,14)8-2-1-3-9(6-8)16-5-4-15-10(17)7-16/h1-3,6H,4-5,7H2,(H,15,17). The van der Waals surface area contributed by atoms with Gasteiger partial charge in [0.1, 0.15) is 0 Å². The van der Waals surface area contributed by atoms with E-state index >= 15 is 0 Å². The summed E-state index contributed by atoms with van der Waals surface area (Å²) >= 11 is 0. The van der Waals surface area contributed by atoms with Crippen molar-refractivity contribution in [1.29, 1.82) is 0 Å². The van der Waals surface area contributed by atoms with Crippen molar-refractivity contribution >= 4 is 11.6 Å². The first kappa shape index (κ1) is 11.8. The first-order valence-electron chi connectivity index (χ1n) is 5.16. The zero-order valence-electron chi connectivity index (χ0n) is 8.92. The number of halogens is 3. The van der Waals surface area contributed by atoms with Gasteiger partial charge in [-0.1, -0.05) is 6.07 Å². The molecule has 0 aromatic heterocycles. The highest BCUT2D eigenvalue weighted by Crippen LogP contribution is 2.31. The number of carbonyl (C=O) groups is 1. The molecule has 0 saturated carbocycles. The van der Waals surface area contributed by atoms with E-state index < -0.39 is 11.7 Å². The van der Waals surface area contributed by atoms with Gasteiger partial charge in [-0.2, -0.15) is 13.2 Å². The van der Waals surface area contributed by atoms with Gasteiger partial charge in [0, 0.05) is 18.8 Å².